The summed E-state index contributed by atoms with van der Waals surface area (Å²) in [6.45, 7) is 0.991. The smallest absolute Gasteiger partial charge is 0.250 e. The van der Waals surface area contributed by atoms with Gasteiger partial charge in [0.25, 0.3) is 0 Å². The summed E-state index contributed by atoms with van der Waals surface area (Å²) in [6.07, 6.45) is 3.44. The first-order valence-corrected chi connectivity index (χ1v) is 10.3. The fourth-order valence-electron chi connectivity index (χ4n) is 3.55. The quantitative estimate of drug-likeness (QED) is 0.471. The first kappa shape index (κ1) is 21.3. The molecule has 1 unspecified atom stereocenters. The average Bonchev–Trinajstić information content (AvgIpc) is 3.24. The number of carbonyl (C=O) groups excluding carboxylic acids is 2. The third-order valence-electron chi connectivity index (χ3n) is 5.23. The number of ether oxygens (including phenoxy) is 1. The van der Waals surface area contributed by atoms with Gasteiger partial charge < -0.3 is 25.8 Å². The van der Waals surface area contributed by atoms with Crippen molar-refractivity contribution < 1.29 is 19.4 Å². The summed E-state index contributed by atoms with van der Waals surface area (Å²) < 4.78 is 5.71. The highest BCUT2D eigenvalue weighted by atomic mass is 16.5. The zero-order chi connectivity index (χ0) is 22.5. The summed E-state index contributed by atoms with van der Waals surface area (Å²) in [5, 5.41) is 13.7. The maximum Gasteiger partial charge on any atom is 0.250 e. The highest BCUT2D eigenvalue weighted by molar-refractivity contribution is 5.95. The molecule has 2 amide bonds. The molecular formula is C24H24N4O4. The van der Waals surface area contributed by atoms with Gasteiger partial charge in [-0.2, -0.15) is 0 Å². The largest absolute Gasteiger partial charge is 0.487 e. The van der Waals surface area contributed by atoms with Gasteiger partial charge in [0.05, 0.1) is 11.8 Å². The van der Waals surface area contributed by atoms with E-state index < -0.39 is 12.1 Å². The van der Waals surface area contributed by atoms with Crippen molar-refractivity contribution in [3.05, 3.63) is 83.7 Å². The minimum absolute atomic E-state index is 0.132. The second kappa shape index (κ2) is 9.49. The Balaban J connectivity index is 1.37. The van der Waals surface area contributed by atoms with Crippen molar-refractivity contribution >= 4 is 23.2 Å². The van der Waals surface area contributed by atoms with Crippen LogP contribution in [0.15, 0.2) is 67.0 Å². The highest BCUT2D eigenvalue weighted by Gasteiger charge is 2.21. The lowest BCUT2D eigenvalue weighted by molar-refractivity contribution is -0.117. The van der Waals surface area contributed by atoms with Gasteiger partial charge in [-0.15, -0.1) is 0 Å². The molecule has 1 aromatic heterocycles. The Hall–Kier alpha value is -3.91. The lowest BCUT2D eigenvalue weighted by Crippen LogP contribution is -2.23. The molecule has 0 saturated carbocycles. The number of nitrogens with one attached hydrogen (secondary N) is 1. The minimum atomic E-state index is -0.911. The van der Waals surface area contributed by atoms with Gasteiger partial charge in [-0.05, 0) is 42.3 Å². The van der Waals surface area contributed by atoms with Crippen molar-refractivity contribution in [3.8, 4) is 5.75 Å². The Bertz CT molecular complexity index is 1120. The summed E-state index contributed by atoms with van der Waals surface area (Å²) >= 11 is 0. The topological polar surface area (TPSA) is 118 Å². The number of aliphatic hydroxyl groups excluding tert-OH is 1. The lowest BCUT2D eigenvalue weighted by atomic mass is 10.1. The fraction of sp³-hybridized carbons (Fsp3) is 0.208. The first-order chi connectivity index (χ1) is 15.5. The van der Waals surface area contributed by atoms with Gasteiger partial charge in [-0.25, -0.2) is 0 Å². The molecule has 4 rings (SSSR count). The zero-order valence-electron chi connectivity index (χ0n) is 17.4. The third kappa shape index (κ3) is 5.04. The molecule has 4 N–H and O–H groups in total. The number of carbonyl (C=O) groups is 2. The molecule has 2 aromatic carbocycles. The molecule has 0 radical (unpaired) electrons. The summed E-state index contributed by atoms with van der Waals surface area (Å²) in [5.74, 6) is 0.00654. The summed E-state index contributed by atoms with van der Waals surface area (Å²) in [7, 11) is 0. The van der Waals surface area contributed by atoms with E-state index in [1.807, 2.05) is 48.5 Å². The number of aromatic nitrogens is 1. The number of nitrogens with zero attached hydrogens (tertiary/aromatic N) is 2. The van der Waals surface area contributed by atoms with E-state index in [-0.39, 0.29) is 18.1 Å². The van der Waals surface area contributed by atoms with Gasteiger partial charge in [0.15, 0.2) is 6.23 Å². The van der Waals surface area contributed by atoms with Crippen molar-refractivity contribution in [2.45, 2.75) is 25.7 Å². The van der Waals surface area contributed by atoms with E-state index in [1.165, 1.54) is 12.4 Å². The normalized spacial score (nSPS) is 14.3. The predicted octanol–water partition coefficient (Wildman–Crippen LogP) is 2.99. The highest BCUT2D eigenvalue weighted by Crippen LogP contribution is 2.25. The molecule has 8 heteroatoms. The summed E-state index contributed by atoms with van der Waals surface area (Å²) in [6, 6.07) is 16.3. The first-order valence-electron chi connectivity index (χ1n) is 10.3. The van der Waals surface area contributed by atoms with Crippen LogP contribution in [0.4, 0.5) is 11.4 Å². The summed E-state index contributed by atoms with van der Waals surface area (Å²) in [5.41, 5.74) is 8.67. The molecule has 1 atom stereocenters. The van der Waals surface area contributed by atoms with E-state index in [0.717, 1.165) is 29.9 Å². The Morgan fingerprint density at radius 3 is 2.72 bits per heavy atom. The van der Waals surface area contributed by atoms with Crippen LogP contribution in [0.2, 0.25) is 0 Å². The van der Waals surface area contributed by atoms with E-state index in [2.05, 4.69) is 10.3 Å². The van der Waals surface area contributed by atoms with Crippen LogP contribution in [-0.4, -0.2) is 28.4 Å². The molecule has 1 saturated heterocycles. The zero-order valence-corrected chi connectivity index (χ0v) is 17.4. The lowest BCUT2D eigenvalue weighted by Gasteiger charge is -2.18. The van der Waals surface area contributed by atoms with Crippen LogP contribution in [-0.2, 0) is 11.4 Å². The van der Waals surface area contributed by atoms with Gasteiger partial charge in [0.1, 0.15) is 12.4 Å². The van der Waals surface area contributed by atoms with Crippen molar-refractivity contribution in [1.82, 2.24) is 4.98 Å². The third-order valence-corrected chi connectivity index (χ3v) is 5.23. The molecule has 2 heterocycles. The number of amides is 2. The molecule has 32 heavy (non-hydrogen) atoms. The molecule has 3 aromatic rings. The summed E-state index contributed by atoms with van der Waals surface area (Å²) in [4.78, 5) is 28.9. The molecule has 0 aliphatic carbocycles. The van der Waals surface area contributed by atoms with Crippen molar-refractivity contribution in [3.63, 3.8) is 0 Å². The molecule has 0 bridgehead atoms. The van der Waals surface area contributed by atoms with Crippen LogP contribution in [0, 0.1) is 0 Å². The van der Waals surface area contributed by atoms with Crippen LogP contribution in [0.3, 0.4) is 0 Å². The Kier molecular flexibility index (Phi) is 6.32. The number of hydrogen-bond acceptors (Lipinski definition) is 6. The van der Waals surface area contributed by atoms with E-state index in [1.54, 1.807) is 11.0 Å². The van der Waals surface area contributed by atoms with Crippen LogP contribution < -0.4 is 20.7 Å². The van der Waals surface area contributed by atoms with Gasteiger partial charge >= 0.3 is 0 Å². The number of nitrogens with two attached hydrogens (primary N) is 1. The van der Waals surface area contributed by atoms with Gasteiger partial charge in [0.2, 0.25) is 11.8 Å². The van der Waals surface area contributed by atoms with Gasteiger partial charge in [-0.1, -0.05) is 24.3 Å². The number of primary amides is 1. The molecular weight excluding hydrogens is 408 g/mol. The Labute approximate surface area is 185 Å². The second-order valence-corrected chi connectivity index (χ2v) is 7.55. The van der Waals surface area contributed by atoms with Crippen LogP contribution >= 0.6 is 0 Å². The number of rotatable bonds is 8. The molecule has 164 valence electrons. The number of pyridine rings is 1. The number of anilines is 2. The maximum absolute atomic E-state index is 11.9. The molecule has 1 fully saturated rings. The minimum Gasteiger partial charge on any atom is -0.487 e. The number of benzene rings is 2. The number of aliphatic hydroxyl groups is 1. The van der Waals surface area contributed by atoms with E-state index in [4.69, 9.17) is 10.5 Å². The van der Waals surface area contributed by atoms with Crippen molar-refractivity contribution in [1.29, 1.82) is 0 Å². The van der Waals surface area contributed by atoms with Crippen LogP contribution in [0.25, 0.3) is 0 Å². The van der Waals surface area contributed by atoms with E-state index >= 15 is 0 Å². The van der Waals surface area contributed by atoms with E-state index in [0.29, 0.717) is 17.7 Å². The molecule has 1 aliphatic heterocycles. The maximum atomic E-state index is 11.9. The van der Waals surface area contributed by atoms with Crippen molar-refractivity contribution in [2.75, 3.05) is 16.8 Å². The van der Waals surface area contributed by atoms with Crippen LogP contribution in [0.1, 0.15) is 40.6 Å². The molecule has 1 aliphatic rings. The Morgan fingerprint density at radius 2 is 2.00 bits per heavy atom. The molecule has 0 spiro atoms. The van der Waals surface area contributed by atoms with Gasteiger partial charge in [-0.3, -0.25) is 14.6 Å². The monoisotopic (exact) mass is 432 g/mol. The SMILES string of the molecule is NC(=O)c1cncc(OCc2cccc(NC(O)c3ccc(N4CCCC4=O)cc3)c2)c1. The second-order valence-electron chi connectivity index (χ2n) is 7.55. The fourth-order valence-corrected chi connectivity index (χ4v) is 3.55. The van der Waals surface area contributed by atoms with E-state index in [9.17, 15) is 14.7 Å². The predicted molar refractivity (Wildman–Crippen MR) is 120 cm³/mol. The van der Waals surface area contributed by atoms with Crippen molar-refractivity contribution in [2.24, 2.45) is 5.73 Å². The average molecular weight is 432 g/mol. The molecule has 8 nitrogen and oxygen atoms in total. The number of hydrogen-bond donors (Lipinski definition) is 3. The standard InChI is InChI=1S/C24H24N4O4/c25-23(30)18-12-21(14-26-13-18)32-15-16-3-1-4-19(11-16)27-24(31)17-6-8-20(9-7-17)28-10-2-5-22(28)29/h1,3-4,6-9,11-14,24,27,31H,2,5,10,15H2,(H2,25,30). The van der Waals surface area contributed by atoms with Crippen LogP contribution in [0.5, 0.6) is 5.75 Å². The van der Waals surface area contributed by atoms with Gasteiger partial charge in [0, 0.05) is 36.1 Å². The Morgan fingerprint density at radius 1 is 1.19 bits per heavy atom.